The van der Waals surface area contributed by atoms with Gasteiger partial charge in [-0.1, -0.05) is 42.8 Å². The number of benzene rings is 3. The van der Waals surface area contributed by atoms with Crippen LogP contribution in [0, 0.1) is 6.92 Å². The lowest BCUT2D eigenvalue weighted by Crippen LogP contribution is -2.32. The Morgan fingerprint density at radius 1 is 0.974 bits per heavy atom. The summed E-state index contributed by atoms with van der Waals surface area (Å²) in [7, 11) is 1.49. The van der Waals surface area contributed by atoms with Gasteiger partial charge in [0.2, 0.25) is 0 Å². The van der Waals surface area contributed by atoms with Crippen molar-refractivity contribution < 1.29 is 28.6 Å². The van der Waals surface area contributed by atoms with Gasteiger partial charge in [-0.15, -0.1) is 0 Å². The van der Waals surface area contributed by atoms with E-state index in [1.807, 2.05) is 55.5 Å². The van der Waals surface area contributed by atoms with Crippen LogP contribution in [0.5, 0.6) is 17.2 Å². The number of amides is 3. The molecule has 9 heteroatoms. The molecule has 3 amide bonds. The van der Waals surface area contributed by atoms with Gasteiger partial charge in [0.1, 0.15) is 12.4 Å². The molecule has 1 saturated heterocycles. The monoisotopic (exact) mass is 546 g/mol. The van der Waals surface area contributed by atoms with Crippen LogP contribution >= 0.6 is 11.8 Å². The number of rotatable bonds is 11. The lowest BCUT2D eigenvalue weighted by Gasteiger charge is -2.13. The fraction of sp³-hybridized carbons (Fsp3) is 0.233. The highest BCUT2D eigenvalue weighted by molar-refractivity contribution is 8.18. The molecule has 3 aromatic rings. The second-order valence-electron chi connectivity index (χ2n) is 8.79. The van der Waals surface area contributed by atoms with Crippen LogP contribution in [-0.2, 0) is 16.0 Å². The van der Waals surface area contributed by atoms with E-state index in [-0.39, 0.29) is 36.8 Å². The van der Waals surface area contributed by atoms with E-state index in [1.165, 1.54) is 17.6 Å². The summed E-state index contributed by atoms with van der Waals surface area (Å²) in [5.74, 6) is 0.786. The first-order valence-corrected chi connectivity index (χ1v) is 13.3. The van der Waals surface area contributed by atoms with Crippen LogP contribution in [0.3, 0.4) is 0 Å². The van der Waals surface area contributed by atoms with Gasteiger partial charge in [0.05, 0.1) is 18.6 Å². The molecule has 0 spiro atoms. The van der Waals surface area contributed by atoms with Crippen LogP contribution in [0.1, 0.15) is 23.6 Å². The van der Waals surface area contributed by atoms with Crippen LogP contribution in [0.15, 0.2) is 71.6 Å². The number of carbonyl (C=O) groups excluding carboxylic acids is 3. The molecule has 8 nitrogen and oxygen atoms in total. The highest BCUT2D eigenvalue weighted by Gasteiger charge is 2.34. The van der Waals surface area contributed by atoms with Crippen LogP contribution in [0.2, 0.25) is 0 Å². The number of nitrogens with one attached hydrogen (secondary N) is 1. The molecule has 0 radical (unpaired) electrons. The molecule has 1 heterocycles. The molecule has 4 rings (SSSR count). The molecule has 0 bridgehead atoms. The van der Waals surface area contributed by atoms with Crippen molar-refractivity contribution in [2.24, 2.45) is 0 Å². The number of aryl methyl sites for hydroxylation is 2. The first kappa shape index (κ1) is 27.8. The molecular formula is C30H30N2O6S. The first-order valence-electron chi connectivity index (χ1n) is 12.5. The zero-order valence-electron chi connectivity index (χ0n) is 22.1. The van der Waals surface area contributed by atoms with Crippen LogP contribution < -0.4 is 19.5 Å². The van der Waals surface area contributed by atoms with Gasteiger partial charge in [-0.05, 0) is 78.7 Å². The zero-order chi connectivity index (χ0) is 27.8. The van der Waals surface area contributed by atoms with Crippen LogP contribution in [0.25, 0.3) is 6.08 Å². The van der Waals surface area contributed by atoms with Crippen molar-refractivity contribution in [1.82, 2.24) is 4.90 Å². The lowest BCUT2D eigenvalue weighted by atomic mass is 10.1. The van der Waals surface area contributed by atoms with Gasteiger partial charge in [-0.25, -0.2) is 0 Å². The van der Waals surface area contributed by atoms with Gasteiger partial charge in [0, 0.05) is 5.69 Å². The molecule has 0 aromatic heterocycles. The van der Waals surface area contributed by atoms with Crippen molar-refractivity contribution in [3.8, 4) is 17.2 Å². The number of hydrogen-bond acceptors (Lipinski definition) is 7. The molecule has 1 N–H and O–H groups in total. The van der Waals surface area contributed by atoms with Gasteiger partial charge in [-0.3, -0.25) is 19.3 Å². The topological polar surface area (TPSA) is 94.2 Å². The summed E-state index contributed by atoms with van der Waals surface area (Å²) in [4.78, 5) is 39.1. The third-order valence-corrected chi connectivity index (χ3v) is 6.88. The molecule has 1 fully saturated rings. The molecule has 0 unspecified atom stereocenters. The van der Waals surface area contributed by atoms with Crippen molar-refractivity contribution in [2.75, 3.05) is 32.2 Å². The second kappa shape index (κ2) is 13.0. The van der Waals surface area contributed by atoms with Gasteiger partial charge in [-0.2, -0.15) is 0 Å². The number of hydrogen-bond donors (Lipinski definition) is 1. The van der Waals surface area contributed by atoms with Crippen LogP contribution in [-0.4, -0.2) is 48.8 Å². The Morgan fingerprint density at radius 3 is 2.41 bits per heavy atom. The summed E-state index contributed by atoms with van der Waals surface area (Å²) in [5, 5.41) is 2.45. The first-order chi connectivity index (χ1) is 18.9. The van der Waals surface area contributed by atoms with Crippen LogP contribution in [0.4, 0.5) is 10.5 Å². The summed E-state index contributed by atoms with van der Waals surface area (Å²) < 4.78 is 16.8. The normalized spacial score (nSPS) is 14.0. The Balaban J connectivity index is 1.33. The molecule has 202 valence electrons. The third kappa shape index (κ3) is 7.42. The van der Waals surface area contributed by atoms with E-state index in [9.17, 15) is 14.4 Å². The fourth-order valence-corrected chi connectivity index (χ4v) is 4.66. The summed E-state index contributed by atoms with van der Waals surface area (Å²) in [6.45, 7) is 4.20. The van der Waals surface area contributed by atoms with E-state index in [0.29, 0.717) is 33.4 Å². The van der Waals surface area contributed by atoms with Gasteiger partial charge < -0.3 is 19.5 Å². The average molecular weight is 547 g/mol. The minimum Gasteiger partial charge on any atom is -0.493 e. The van der Waals surface area contributed by atoms with E-state index in [4.69, 9.17) is 14.2 Å². The van der Waals surface area contributed by atoms with E-state index in [2.05, 4.69) is 12.2 Å². The standard InChI is InChI=1S/C30H30N2O6S/c1-4-21-7-10-23(11-8-21)31-28(33)19-38-25-14-9-22(17-26(25)36-3)18-27-29(34)32(30(35)39-27)15-16-37-24-12-5-20(2)6-13-24/h5-14,17-18H,4,15-16,19H2,1-3H3,(H,31,33)/b27-18-. The Labute approximate surface area is 231 Å². The maximum Gasteiger partial charge on any atom is 0.293 e. The number of imide groups is 1. The van der Waals surface area contributed by atoms with Crippen molar-refractivity contribution >= 4 is 40.6 Å². The quantitative estimate of drug-likeness (QED) is 0.308. The molecule has 0 atom stereocenters. The fourth-order valence-electron chi connectivity index (χ4n) is 3.79. The predicted octanol–water partition coefficient (Wildman–Crippen LogP) is 5.70. The minimum absolute atomic E-state index is 0.150. The van der Waals surface area contributed by atoms with Gasteiger partial charge in [0.25, 0.3) is 17.1 Å². The predicted molar refractivity (Wildman–Crippen MR) is 152 cm³/mol. The number of methoxy groups -OCH3 is 1. The smallest absolute Gasteiger partial charge is 0.293 e. The summed E-state index contributed by atoms with van der Waals surface area (Å²) >= 11 is 0.878. The Kier molecular flexibility index (Phi) is 9.27. The molecule has 0 aliphatic carbocycles. The maximum atomic E-state index is 12.9. The van der Waals surface area contributed by atoms with E-state index in [1.54, 1.807) is 24.3 Å². The lowest BCUT2D eigenvalue weighted by molar-refractivity contribution is -0.123. The van der Waals surface area contributed by atoms with Crippen molar-refractivity contribution in [3.05, 3.63) is 88.3 Å². The number of nitrogens with zero attached hydrogens (tertiary/aromatic N) is 1. The molecule has 1 aliphatic rings. The van der Waals surface area contributed by atoms with Crippen molar-refractivity contribution in [2.45, 2.75) is 20.3 Å². The van der Waals surface area contributed by atoms with Gasteiger partial charge in [0.15, 0.2) is 18.1 Å². The second-order valence-corrected chi connectivity index (χ2v) is 9.79. The number of anilines is 1. The molecule has 39 heavy (non-hydrogen) atoms. The van der Waals surface area contributed by atoms with Crippen molar-refractivity contribution in [1.29, 1.82) is 0 Å². The highest BCUT2D eigenvalue weighted by Crippen LogP contribution is 2.34. The highest BCUT2D eigenvalue weighted by atomic mass is 32.2. The number of carbonyl (C=O) groups is 3. The minimum atomic E-state index is -0.375. The third-order valence-electron chi connectivity index (χ3n) is 5.97. The van der Waals surface area contributed by atoms with E-state index < -0.39 is 0 Å². The largest absolute Gasteiger partial charge is 0.493 e. The SMILES string of the molecule is CCc1ccc(NC(=O)COc2ccc(/C=C3\SC(=O)N(CCOc4ccc(C)cc4)C3=O)cc2OC)cc1. The Hall–Kier alpha value is -4.24. The van der Waals surface area contributed by atoms with E-state index in [0.717, 1.165) is 23.7 Å². The number of ether oxygens (including phenoxy) is 3. The number of thioether (sulfide) groups is 1. The van der Waals surface area contributed by atoms with Crippen molar-refractivity contribution in [3.63, 3.8) is 0 Å². The summed E-state index contributed by atoms with van der Waals surface area (Å²) in [6.07, 6.45) is 2.55. The summed E-state index contributed by atoms with van der Waals surface area (Å²) in [5.41, 5.74) is 3.65. The molecule has 0 saturated carbocycles. The molecule has 1 aliphatic heterocycles. The van der Waals surface area contributed by atoms with E-state index >= 15 is 0 Å². The zero-order valence-corrected chi connectivity index (χ0v) is 22.9. The average Bonchev–Trinajstić information content (AvgIpc) is 3.21. The molecular weight excluding hydrogens is 516 g/mol. The maximum absolute atomic E-state index is 12.9. The van der Waals surface area contributed by atoms with Gasteiger partial charge >= 0.3 is 0 Å². The Morgan fingerprint density at radius 2 is 1.72 bits per heavy atom. The Bertz CT molecular complexity index is 1370. The summed E-state index contributed by atoms with van der Waals surface area (Å²) in [6, 6.07) is 20.3. The molecule has 3 aromatic carbocycles.